The molecule has 0 amide bonds. The summed E-state index contributed by atoms with van der Waals surface area (Å²) in [4.78, 5) is 2.17. The van der Waals surface area contributed by atoms with Gasteiger partial charge in [-0.2, -0.15) is 0 Å². The Morgan fingerprint density at radius 1 is 1.24 bits per heavy atom. The van der Waals surface area contributed by atoms with E-state index in [2.05, 4.69) is 17.0 Å². The SMILES string of the molecule is CCCNCc1cc(S(=O)(=O)NCCN(C)C)ccc1Cl. The maximum atomic E-state index is 12.2. The first-order valence-electron chi connectivity index (χ1n) is 7.00. The summed E-state index contributed by atoms with van der Waals surface area (Å²) in [5, 5.41) is 3.80. The molecule has 0 saturated carbocycles. The average molecular weight is 334 g/mol. The molecule has 1 aromatic rings. The molecule has 7 heteroatoms. The average Bonchev–Trinajstić information content (AvgIpc) is 2.40. The lowest BCUT2D eigenvalue weighted by Crippen LogP contribution is -2.31. The van der Waals surface area contributed by atoms with E-state index in [0.29, 0.717) is 24.7 Å². The maximum absolute atomic E-state index is 12.2. The van der Waals surface area contributed by atoms with Gasteiger partial charge in [-0.05, 0) is 50.8 Å². The minimum Gasteiger partial charge on any atom is -0.313 e. The molecular formula is C14H24ClN3O2S. The second-order valence-corrected chi connectivity index (χ2v) is 7.31. The van der Waals surface area contributed by atoms with Crippen molar-refractivity contribution in [3.63, 3.8) is 0 Å². The molecule has 0 unspecified atom stereocenters. The van der Waals surface area contributed by atoms with E-state index in [4.69, 9.17) is 11.6 Å². The van der Waals surface area contributed by atoms with Crippen molar-refractivity contribution in [1.82, 2.24) is 14.9 Å². The molecule has 2 N–H and O–H groups in total. The molecule has 0 aromatic heterocycles. The first-order chi connectivity index (χ1) is 9.86. The topological polar surface area (TPSA) is 61.4 Å². The molecule has 1 rings (SSSR count). The normalized spacial score (nSPS) is 12.0. The smallest absolute Gasteiger partial charge is 0.240 e. The number of likely N-dealkylation sites (N-methyl/N-ethyl adjacent to an activating group) is 1. The van der Waals surface area contributed by atoms with Crippen LogP contribution >= 0.6 is 11.6 Å². The van der Waals surface area contributed by atoms with Gasteiger partial charge in [0.1, 0.15) is 0 Å². The second-order valence-electron chi connectivity index (χ2n) is 5.13. The molecule has 0 saturated heterocycles. The first-order valence-corrected chi connectivity index (χ1v) is 8.86. The Kier molecular flexibility index (Phi) is 7.62. The molecule has 0 spiro atoms. The van der Waals surface area contributed by atoms with E-state index >= 15 is 0 Å². The maximum Gasteiger partial charge on any atom is 0.240 e. The van der Waals surface area contributed by atoms with Crippen molar-refractivity contribution in [3.05, 3.63) is 28.8 Å². The van der Waals surface area contributed by atoms with Crippen molar-refractivity contribution in [2.75, 3.05) is 33.7 Å². The lowest BCUT2D eigenvalue weighted by atomic mass is 10.2. The van der Waals surface area contributed by atoms with Gasteiger partial charge in [-0.3, -0.25) is 0 Å². The number of hydrogen-bond acceptors (Lipinski definition) is 4. The van der Waals surface area contributed by atoms with E-state index in [9.17, 15) is 8.42 Å². The summed E-state index contributed by atoms with van der Waals surface area (Å²) >= 11 is 6.11. The zero-order chi connectivity index (χ0) is 15.9. The lowest BCUT2D eigenvalue weighted by Gasteiger charge is -2.12. The highest BCUT2D eigenvalue weighted by Gasteiger charge is 2.15. The summed E-state index contributed by atoms with van der Waals surface area (Å²) in [6.45, 7) is 4.53. The number of nitrogens with zero attached hydrogens (tertiary/aromatic N) is 1. The summed E-state index contributed by atoms with van der Waals surface area (Å²) < 4.78 is 27.0. The molecule has 0 aliphatic heterocycles. The van der Waals surface area contributed by atoms with E-state index < -0.39 is 10.0 Å². The monoisotopic (exact) mass is 333 g/mol. The zero-order valence-electron chi connectivity index (χ0n) is 12.8. The van der Waals surface area contributed by atoms with Gasteiger partial charge in [0, 0.05) is 24.7 Å². The van der Waals surface area contributed by atoms with E-state index in [0.717, 1.165) is 18.5 Å². The number of nitrogens with one attached hydrogen (secondary N) is 2. The molecule has 0 aliphatic rings. The molecule has 0 radical (unpaired) electrons. The fourth-order valence-electron chi connectivity index (χ4n) is 1.74. The standard InChI is InChI=1S/C14H24ClN3O2S/c1-4-7-16-11-12-10-13(5-6-14(12)15)21(19,20)17-8-9-18(2)3/h5-6,10,16-17H,4,7-9,11H2,1-3H3. The Morgan fingerprint density at radius 2 is 1.95 bits per heavy atom. The molecule has 1 aromatic carbocycles. The van der Waals surface area contributed by atoms with Gasteiger partial charge in [-0.1, -0.05) is 18.5 Å². The van der Waals surface area contributed by atoms with Crippen LogP contribution in [-0.2, 0) is 16.6 Å². The summed E-state index contributed by atoms with van der Waals surface area (Å²) in [6.07, 6.45) is 1.02. The molecule has 21 heavy (non-hydrogen) atoms. The van der Waals surface area contributed by atoms with Crippen molar-refractivity contribution in [1.29, 1.82) is 0 Å². The van der Waals surface area contributed by atoms with Crippen LogP contribution in [0.15, 0.2) is 23.1 Å². The Bertz CT molecular complexity index is 547. The lowest BCUT2D eigenvalue weighted by molar-refractivity contribution is 0.412. The molecule has 120 valence electrons. The summed E-state index contributed by atoms with van der Waals surface area (Å²) in [5.41, 5.74) is 0.792. The van der Waals surface area contributed by atoms with Crippen LogP contribution < -0.4 is 10.0 Å². The van der Waals surface area contributed by atoms with E-state index in [1.54, 1.807) is 12.1 Å². The van der Waals surface area contributed by atoms with E-state index in [-0.39, 0.29) is 4.90 Å². The molecule has 0 fully saturated rings. The third-order valence-electron chi connectivity index (χ3n) is 2.92. The van der Waals surface area contributed by atoms with Crippen LogP contribution in [0.25, 0.3) is 0 Å². The molecule has 0 aliphatic carbocycles. The van der Waals surface area contributed by atoms with Crippen LogP contribution in [0.3, 0.4) is 0 Å². The van der Waals surface area contributed by atoms with Gasteiger partial charge in [0.25, 0.3) is 0 Å². The second kappa shape index (κ2) is 8.70. The van der Waals surface area contributed by atoms with Crippen LogP contribution in [0.2, 0.25) is 5.02 Å². The number of hydrogen-bond donors (Lipinski definition) is 2. The van der Waals surface area contributed by atoms with Gasteiger partial charge in [0.05, 0.1) is 4.90 Å². The predicted molar refractivity (Wildman–Crippen MR) is 87.2 cm³/mol. The minimum atomic E-state index is -3.49. The Labute approximate surface area is 132 Å². The third-order valence-corrected chi connectivity index (χ3v) is 4.75. The predicted octanol–water partition coefficient (Wildman–Crippen LogP) is 1.68. The van der Waals surface area contributed by atoms with Gasteiger partial charge in [0.15, 0.2) is 0 Å². The highest BCUT2D eigenvalue weighted by molar-refractivity contribution is 7.89. The Hall–Kier alpha value is -0.660. The van der Waals surface area contributed by atoms with Crippen LogP contribution in [0.1, 0.15) is 18.9 Å². The van der Waals surface area contributed by atoms with Crippen molar-refractivity contribution < 1.29 is 8.42 Å². The van der Waals surface area contributed by atoms with Gasteiger partial charge >= 0.3 is 0 Å². The highest BCUT2D eigenvalue weighted by atomic mass is 35.5. The van der Waals surface area contributed by atoms with E-state index in [1.807, 2.05) is 19.0 Å². The number of halogens is 1. The van der Waals surface area contributed by atoms with Gasteiger partial charge in [-0.15, -0.1) is 0 Å². The van der Waals surface area contributed by atoms with E-state index in [1.165, 1.54) is 6.07 Å². The van der Waals surface area contributed by atoms with Gasteiger partial charge in [-0.25, -0.2) is 13.1 Å². The largest absolute Gasteiger partial charge is 0.313 e. The molecular weight excluding hydrogens is 310 g/mol. The molecule has 0 heterocycles. The molecule has 5 nitrogen and oxygen atoms in total. The van der Waals surface area contributed by atoms with Gasteiger partial charge in [0.2, 0.25) is 10.0 Å². The summed E-state index contributed by atoms with van der Waals surface area (Å²) in [7, 11) is 0.305. The van der Waals surface area contributed by atoms with Crippen molar-refractivity contribution in [3.8, 4) is 0 Å². The molecule has 0 atom stereocenters. The fourth-order valence-corrected chi connectivity index (χ4v) is 3.00. The summed E-state index contributed by atoms with van der Waals surface area (Å²) in [6, 6.07) is 4.79. The summed E-state index contributed by atoms with van der Waals surface area (Å²) in [5.74, 6) is 0. The fraction of sp³-hybridized carbons (Fsp3) is 0.571. The number of benzene rings is 1. The first kappa shape index (κ1) is 18.4. The van der Waals surface area contributed by atoms with Crippen molar-refractivity contribution in [2.45, 2.75) is 24.8 Å². The van der Waals surface area contributed by atoms with Crippen LogP contribution in [0.4, 0.5) is 0 Å². The quantitative estimate of drug-likeness (QED) is 0.675. The third kappa shape index (κ3) is 6.32. The minimum absolute atomic E-state index is 0.249. The van der Waals surface area contributed by atoms with Crippen molar-refractivity contribution in [2.24, 2.45) is 0 Å². The Morgan fingerprint density at radius 3 is 2.57 bits per heavy atom. The number of rotatable bonds is 9. The van der Waals surface area contributed by atoms with Crippen molar-refractivity contribution >= 4 is 21.6 Å². The van der Waals surface area contributed by atoms with Crippen LogP contribution in [0, 0.1) is 0 Å². The highest BCUT2D eigenvalue weighted by Crippen LogP contribution is 2.20. The zero-order valence-corrected chi connectivity index (χ0v) is 14.4. The molecule has 0 bridgehead atoms. The Balaban J connectivity index is 2.79. The number of sulfonamides is 1. The van der Waals surface area contributed by atoms with Gasteiger partial charge < -0.3 is 10.2 Å². The van der Waals surface area contributed by atoms with Crippen LogP contribution in [0.5, 0.6) is 0 Å². The van der Waals surface area contributed by atoms with Crippen LogP contribution in [-0.4, -0.2) is 47.0 Å².